The molecule has 6 nitrogen and oxygen atoms in total. The summed E-state index contributed by atoms with van der Waals surface area (Å²) >= 11 is 0. The van der Waals surface area contributed by atoms with Crippen LogP contribution in [0, 0.1) is 31.0 Å². The van der Waals surface area contributed by atoms with Crippen molar-refractivity contribution in [2.45, 2.75) is 39.3 Å². The van der Waals surface area contributed by atoms with Crippen LogP contribution in [0.25, 0.3) is 10.8 Å². The second-order valence-electron chi connectivity index (χ2n) is 8.80. The lowest BCUT2D eigenvalue weighted by atomic mass is 9.98. The predicted molar refractivity (Wildman–Crippen MR) is 126 cm³/mol. The predicted octanol–water partition coefficient (Wildman–Crippen LogP) is 4.57. The minimum absolute atomic E-state index is 0.0989. The molecular formula is C25H29FN6. The van der Waals surface area contributed by atoms with E-state index in [2.05, 4.69) is 33.5 Å². The van der Waals surface area contributed by atoms with Crippen LogP contribution in [0.1, 0.15) is 41.8 Å². The molecule has 1 aliphatic rings. The van der Waals surface area contributed by atoms with Gasteiger partial charge in [0.05, 0.1) is 29.1 Å². The first kappa shape index (κ1) is 22.0. The summed E-state index contributed by atoms with van der Waals surface area (Å²) in [6.07, 6.45) is 1.01. The third kappa shape index (κ3) is 3.98. The number of likely N-dealkylation sites (N-methyl/N-ethyl adjacent to an activating group) is 2. The topological polar surface area (TPSA) is 68.1 Å². The van der Waals surface area contributed by atoms with Gasteiger partial charge in [0.15, 0.2) is 5.82 Å². The number of hydrogen-bond donors (Lipinski definition) is 1. The molecule has 1 aromatic heterocycles. The summed E-state index contributed by atoms with van der Waals surface area (Å²) in [7, 11) is 4.05. The number of benzene rings is 2. The zero-order valence-electron chi connectivity index (χ0n) is 19.3. The third-order valence-corrected chi connectivity index (χ3v) is 6.64. The highest BCUT2D eigenvalue weighted by molar-refractivity contribution is 5.95. The van der Waals surface area contributed by atoms with E-state index >= 15 is 4.39 Å². The lowest BCUT2D eigenvalue weighted by molar-refractivity contribution is 0.409. The van der Waals surface area contributed by atoms with E-state index in [-0.39, 0.29) is 17.9 Å². The van der Waals surface area contributed by atoms with E-state index in [0.29, 0.717) is 22.8 Å². The number of rotatable bonds is 5. The lowest BCUT2D eigenvalue weighted by Gasteiger charge is -2.27. The molecule has 4 rings (SSSR count). The monoisotopic (exact) mass is 432 g/mol. The van der Waals surface area contributed by atoms with Crippen LogP contribution in [0.15, 0.2) is 30.3 Å². The Morgan fingerprint density at radius 2 is 2.03 bits per heavy atom. The number of likely N-dealkylation sites (tertiary alicyclic amines) is 1. The van der Waals surface area contributed by atoms with Crippen molar-refractivity contribution in [2.24, 2.45) is 0 Å². The fourth-order valence-corrected chi connectivity index (χ4v) is 4.62. The maximum Gasteiger partial charge on any atom is 0.157 e. The van der Waals surface area contributed by atoms with E-state index in [1.54, 1.807) is 6.07 Å². The van der Waals surface area contributed by atoms with E-state index < -0.39 is 0 Å². The summed E-state index contributed by atoms with van der Waals surface area (Å²) in [6, 6.07) is 11.6. The van der Waals surface area contributed by atoms with Gasteiger partial charge >= 0.3 is 0 Å². The van der Waals surface area contributed by atoms with Gasteiger partial charge in [-0.2, -0.15) is 10.4 Å². The highest BCUT2D eigenvalue weighted by Gasteiger charge is 2.26. The Bertz CT molecular complexity index is 1200. The Kier molecular flexibility index (Phi) is 5.98. The van der Waals surface area contributed by atoms with Crippen molar-refractivity contribution < 1.29 is 4.39 Å². The van der Waals surface area contributed by atoms with Crippen molar-refractivity contribution in [2.75, 3.05) is 37.4 Å². The van der Waals surface area contributed by atoms with Crippen LogP contribution in [0.5, 0.6) is 0 Å². The van der Waals surface area contributed by atoms with Crippen LogP contribution in [-0.2, 0) is 0 Å². The number of fused-ring (bicyclic) bond motifs is 1. The van der Waals surface area contributed by atoms with Crippen molar-refractivity contribution in [1.82, 2.24) is 15.1 Å². The van der Waals surface area contributed by atoms with Gasteiger partial charge in [0, 0.05) is 30.4 Å². The van der Waals surface area contributed by atoms with Crippen LogP contribution in [0.2, 0.25) is 0 Å². The molecule has 0 spiro atoms. The van der Waals surface area contributed by atoms with Gasteiger partial charge in [0.25, 0.3) is 0 Å². The van der Waals surface area contributed by atoms with Gasteiger partial charge in [-0.15, -0.1) is 5.10 Å². The second-order valence-corrected chi connectivity index (χ2v) is 8.80. The summed E-state index contributed by atoms with van der Waals surface area (Å²) in [5.41, 5.74) is 3.88. The first-order valence-electron chi connectivity index (χ1n) is 10.9. The number of halogens is 1. The van der Waals surface area contributed by atoms with Gasteiger partial charge in [-0.1, -0.05) is 12.1 Å². The number of hydrogen-bond acceptors (Lipinski definition) is 6. The molecule has 3 aromatic rings. The van der Waals surface area contributed by atoms with Crippen molar-refractivity contribution in [3.05, 3.63) is 58.5 Å². The maximum absolute atomic E-state index is 15.1. The summed E-state index contributed by atoms with van der Waals surface area (Å²) in [4.78, 5) is 4.31. The Balaban J connectivity index is 1.74. The molecule has 0 amide bonds. The van der Waals surface area contributed by atoms with Gasteiger partial charge in [0.1, 0.15) is 5.82 Å². The van der Waals surface area contributed by atoms with Crippen LogP contribution in [0.3, 0.4) is 0 Å². The molecule has 0 unspecified atom stereocenters. The van der Waals surface area contributed by atoms with Crippen molar-refractivity contribution in [3.8, 4) is 6.07 Å². The quantitative estimate of drug-likeness (QED) is 0.637. The minimum atomic E-state index is -0.248. The number of nitrogens with one attached hydrogen (secondary N) is 1. The molecule has 1 N–H and O–H groups in total. The number of aryl methyl sites for hydroxylation is 1. The van der Waals surface area contributed by atoms with E-state index in [0.717, 1.165) is 41.4 Å². The SMILES string of the molecule is Cc1c(C#N)cccc1[C@@H](C)Nc1nnc(C)c2cc(F)c(N(C)[C@@H]3CCN(C)C3)cc12. The van der Waals surface area contributed by atoms with Crippen LogP contribution in [-0.4, -0.2) is 48.3 Å². The largest absolute Gasteiger partial charge is 0.368 e. The van der Waals surface area contributed by atoms with Gasteiger partial charge in [-0.05, 0) is 70.1 Å². The standard InChI is InChI=1S/C25H29FN6/c1-15-18(13-27)7-6-8-20(15)16(2)28-25-22-12-24(32(5)19-9-10-31(4)14-19)23(26)11-21(22)17(3)29-30-25/h6-8,11-12,16,19H,9-10,14H2,1-5H3,(H,28,30)/t16-,19-/m1/s1. The van der Waals surface area contributed by atoms with Crippen molar-refractivity contribution in [1.29, 1.82) is 5.26 Å². The Morgan fingerprint density at radius 1 is 1.25 bits per heavy atom. The molecule has 2 heterocycles. The highest BCUT2D eigenvalue weighted by Crippen LogP contribution is 2.34. The summed E-state index contributed by atoms with van der Waals surface area (Å²) < 4.78 is 15.1. The average molecular weight is 433 g/mol. The molecule has 2 atom stereocenters. The summed E-state index contributed by atoms with van der Waals surface area (Å²) in [5.74, 6) is 0.361. The molecule has 0 radical (unpaired) electrons. The smallest absolute Gasteiger partial charge is 0.157 e. The van der Waals surface area contributed by atoms with Crippen LogP contribution >= 0.6 is 0 Å². The molecule has 32 heavy (non-hydrogen) atoms. The number of nitrogens with zero attached hydrogens (tertiary/aromatic N) is 5. The van der Waals surface area contributed by atoms with Crippen LogP contribution in [0.4, 0.5) is 15.9 Å². The van der Waals surface area contributed by atoms with Crippen molar-refractivity contribution >= 4 is 22.3 Å². The zero-order valence-corrected chi connectivity index (χ0v) is 19.3. The van der Waals surface area contributed by atoms with Gasteiger partial charge in [-0.3, -0.25) is 0 Å². The molecule has 1 aliphatic heterocycles. The molecule has 0 aliphatic carbocycles. The maximum atomic E-state index is 15.1. The average Bonchev–Trinajstić information content (AvgIpc) is 3.21. The van der Waals surface area contributed by atoms with E-state index in [1.165, 1.54) is 0 Å². The van der Waals surface area contributed by atoms with Gasteiger partial charge < -0.3 is 15.1 Å². The molecule has 0 saturated carbocycles. The normalized spacial score (nSPS) is 17.3. The molecule has 7 heteroatoms. The highest BCUT2D eigenvalue weighted by atomic mass is 19.1. The zero-order chi connectivity index (χ0) is 23.0. The van der Waals surface area contributed by atoms with E-state index in [1.807, 2.05) is 57.0 Å². The Hall–Kier alpha value is -3.24. The fourth-order valence-electron chi connectivity index (χ4n) is 4.62. The fraction of sp³-hybridized carbons (Fsp3) is 0.400. The second kappa shape index (κ2) is 8.71. The first-order chi connectivity index (χ1) is 15.3. The minimum Gasteiger partial charge on any atom is -0.368 e. The molecule has 2 aromatic carbocycles. The van der Waals surface area contributed by atoms with Crippen LogP contribution < -0.4 is 10.2 Å². The van der Waals surface area contributed by atoms with Gasteiger partial charge in [0.2, 0.25) is 0 Å². The Morgan fingerprint density at radius 3 is 2.72 bits per heavy atom. The number of aromatic nitrogens is 2. The Labute approximate surface area is 188 Å². The molecular weight excluding hydrogens is 403 g/mol. The first-order valence-corrected chi connectivity index (χ1v) is 10.9. The van der Waals surface area contributed by atoms with Crippen molar-refractivity contribution in [3.63, 3.8) is 0 Å². The van der Waals surface area contributed by atoms with Gasteiger partial charge in [-0.25, -0.2) is 4.39 Å². The summed E-state index contributed by atoms with van der Waals surface area (Å²) in [6.45, 7) is 7.75. The summed E-state index contributed by atoms with van der Waals surface area (Å²) in [5, 5.41) is 23.1. The molecule has 1 fully saturated rings. The number of nitriles is 1. The lowest BCUT2D eigenvalue weighted by Crippen LogP contribution is -2.34. The molecule has 0 bridgehead atoms. The molecule has 166 valence electrons. The number of anilines is 2. The van der Waals surface area contributed by atoms with E-state index in [9.17, 15) is 5.26 Å². The third-order valence-electron chi connectivity index (χ3n) is 6.64. The van der Waals surface area contributed by atoms with E-state index in [4.69, 9.17) is 0 Å². The molecule has 1 saturated heterocycles.